The maximum atomic E-state index is 10.8. The van der Waals surface area contributed by atoms with Crippen LogP contribution in [0.3, 0.4) is 0 Å². The lowest BCUT2D eigenvalue weighted by Crippen LogP contribution is -2.02. The second-order valence-electron chi connectivity index (χ2n) is 3.37. The van der Waals surface area contributed by atoms with Crippen molar-refractivity contribution < 1.29 is 13.2 Å². The second-order valence-corrected chi connectivity index (χ2v) is 6.27. The van der Waals surface area contributed by atoms with Crippen LogP contribution in [0, 0.1) is 0 Å². The fraction of sp³-hybridized carbons (Fsp3) is 0.444. The van der Waals surface area contributed by atoms with Crippen LogP contribution in [0.15, 0.2) is 12.3 Å². The normalized spacial score (nSPS) is 14.7. The van der Waals surface area contributed by atoms with E-state index in [1.165, 1.54) is 0 Å². The summed E-state index contributed by atoms with van der Waals surface area (Å²) in [5.74, 6) is 0.716. The average Bonchev–Trinajstić information content (AvgIpc) is 2.60. The summed E-state index contributed by atoms with van der Waals surface area (Å²) in [6.45, 7) is 0.675. The molecule has 0 radical (unpaired) electrons. The number of hydrogen-bond donors (Lipinski definition) is 0. The van der Waals surface area contributed by atoms with Crippen molar-refractivity contribution in [1.82, 2.24) is 4.98 Å². The number of halogens is 1. The van der Waals surface area contributed by atoms with Crippen molar-refractivity contribution in [2.24, 2.45) is 0 Å². The van der Waals surface area contributed by atoms with Crippen LogP contribution in [0.25, 0.3) is 0 Å². The number of pyridine rings is 1. The van der Waals surface area contributed by atoms with E-state index in [0.29, 0.717) is 13.0 Å². The molecule has 0 N–H and O–H groups in total. The van der Waals surface area contributed by atoms with Crippen molar-refractivity contribution in [3.63, 3.8) is 0 Å². The summed E-state index contributed by atoms with van der Waals surface area (Å²) < 4.78 is 26.8. The monoisotopic (exact) mass is 247 g/mol. The Kier molecular flexibility index (Phi) is 2.84. The predicted molar refractivity (Wildman–Crippen MR) is 56.8 cm³/mol. The molecule has 0 aromatic carbocycles. The predicted octanol–water partition coefficient (Wildman–Crippen LogP) is 1.13. The first-order chi connectivity index (χ1) is 7.04. The van der Waals surface area contributed by atoms with E-state index in [1.807, 2.05) is 6.07 Å². The summed E-state index contributed by atoms with van der Waals surface area (Å²) in [6.07, 6.45) is 2.84. The largest absolute Gasteiger partial charge is 0.491 e. The second kappa shape index (κ2) is 3.98. The molecular formula is C9H10ClNO3S. The lowest BCUT2D eigenvalue weighted by Gasteiger charge is -2.01. The number of rotatable bonds is 3. The van der Waals surface area contributed by atoms with Gasteiger partial charge in [0, 0.05) is 34.8 Å². The van der Waals surface area contributed by atoms with Crippen LogP contribution >= 0.6 is 10.7 Å². The Morgan fingerprint density at radius 1 is 1.53 bits per heavy atom. The van der Waals surface area contributed by atoms with Gasteiger partial charge in [0.25, 0.3) is 0 Å². The van der Waals surface area contributed by atoms with Gasteiger partial charge in [-0.25, -0.2) is 8.42 Å². The van der Waals surface area contributed by atoms with Gasteiger partial charge in [-0.15, -0.1) is 0 Å². The molecule has 82 valence electrons. The molecule has 15 heavy (non-hydrogen) atoms. The first-order valence-electron chi connectivity index (χ1n) is 4.57. The minimum absolute atomic E-state index is 0.0821. The highest BCUT2D eigenvalue weighted by atomic mass is 35.7. The van der Waals surface area contributed by atoms with Crippen LogP contribution in [0.5, 0.6) is 5.75 Å². The highest BCUT2D eigenvalue weighted by Gasteiger charge is 2.14. The van der Waals surface area contributed by atoms with E-state index < -0.39 is 9.05 Å². The number of aryl methyl sites for hydroxylation is 1. The van der Waals surface area contributed by atoms with Gasteiger partial charge in [0.15, 0.2) is 0 Å². The standard InChI is InChI=1S/C9H10ClNO3S/c10-15(12,13)4-2-8-5-7-1-3-14-9(7)6-11-8/h5-6H,1-4H2. The van der Waals surface area contributed by atoms with Gasteiger partial charge in [-0.1, -0.05) is 0 Å². The lowest BCUT2D eigenvalue weighted by molar-refractivity contribution is 0.355. The zero-order valence-electron chi connectivity index (χ0n) is 7.94. The zero-order chi connectivity index (χ0) is 10.9. The molecule has 1 aliphatic heterocycles. The van der Waals surface area contributed by atoms with Crippen molar-refractivity contribution >= 4 is 19.7 Å². The van der Waals surface area contributed by atoms with Gasteiger partial charge < -0.3 is 4.74 Å². The van der Waals surface area contributed by atoms with Crippen LogP contribution < -0.4 is 4.74 Å². The molecule has 0 atom stereocenters. The summed E-state index contributed by atoms with van der Waals surface area (Å²) in [6, 6.07) is 1.88. The molecular weight excluding hydrogens is 238 g/mol. The summed E-state index contributed by atoms with van der Waals surface area (Å²) in [5, 5.41) is 0. The molecule has 0 aliphatic carbocycles. The van der Waals surface area contributed by atoms with Crippen LogP contribution in [-0.2, 0) is 21.9 Å². The number of nitrogens with zero attached hydrogens (tertiary/aromatic N) is 1. The zero-order valence-corrected chi connectivity index (χ0v) is 9.51. The summed E-state index contributed by atoms with van der Waals surface area (Å²) in [7, 11) is 1.68. The van der Waals surface area contributed by atoms with E-state index in [4.69, 9.17) is 15.4 Å². The van der Waals surface area contributed by atoms with E-state index in [0.717, 1.165) is 23.4 Å². The molecule has 0 unspecified atom stereocenters. The Morgan fingerprint density at radius 2 is 2.33 bits per heavy atom. The fourth-order valence-corrected chi connectivity index (χ4v) is 2.18. The van der Waals surface area contributed by atoms with Gasteiger partial charge in [0.2, 0.25) is 9.05 Å². The minimum atomic E-state index is -3.44. The molecule has 1 aromatic rings. The van der Waals surface area contributed by atoms with Crippen molar-refractivity contribution in [2.75, 3.05) is 12.4 Å². The SMILES string of the molecule is O=S(=O)(Cl)CCc1cc2c(cn1)OCC2. The van der Waals surface area contributed by atoms with Crippen molar-refractivity contribution in [1.29, 1.82) is 0 Å². The molecule has 0 fully saturated rings. The smallest absolute Gasteiger partial charge is 0.232 e. The summed E-state index contributed by atoms with van der Waals surface area (Å²) in [5.41, 5.74) is 1.83. The van der Waals surface area contributed by atoms with Gasteiger partial charge in [0.05, 0.1) is 18.6 Å². The Bertz CT molecular complexity index is 472. The third-order valence-corrected chi connectivity index (χ3v) is 3.39. The van der Waals surface area contributed by atoms with Gasteiger partial charge in [0.1, 0.15) is 5.75 Å². The van der Waals surface area contributed by atoms with E-state index in [-0.39, 0.29) is 5.75 Å². The first kappa shape index (κ1) is 10.7. The van der Waals surface area contributed by atoms with Gasteiger partial charge in [-0.3, -0.25) is 4.98 Å². The highest BCUT2D eigenvalue weighted by molar-refractivity contribution is 8.13. The quantitative estimate of drug-likeness (QED) is 0.752. The van der Waals surface area contributed by atoms with Crippen molar-refractivity contribution in [2.45, 2.75) is 12.8 Å². The number of aromatic nitrogens is 1. The number of fused-ring (bicyclic) bond motifs is 1. The van der Waals surface area contributed by atoms with Crippen LogP contribution in [0.2, 0.25) is 0 Å². The summed E-state index contributed by atoms with van der Waals surface area (Å²) >= 11 is 0. The van der Waals surface area contributed by atoms with E-state index in [2.05, 4.69) is 4.98 Å². The van der Waals surface area contributed by atoms with Crippen LogP contribution in [0.4, 0.5) is 0 Å². The molecule has 6 heteroatoms. The maximum absolute atomic E-state index is 10.8. The van der Waals surface area contributed by atoms with Crippen molar-refractivity contribution in [3.05, 3.63) is 23.5 Å². The molecule has 0 spiro atoms. The van der Waals surface area contributed by atoms with E-state index in [1.54, 1.807) is 6.20 Å². The third-order valence-electron chi connectivity index (χ3n) is 2.24. The summed E-state index contributed by atoms with van der Waals surface area (Å²) in [4.78, 5) is 4.11. The Labute approximate surface area is 92.7 Å². The molecule has 2 rings (SSSR count). The van der Waals surface area contributed by atoms with Crippen LogP contribution in [-0.4, -0.2) is 25.8 Å². The van der Waals surface area contributed by atoms with E-state index >= 15 is 0 Å². The molecule has 1 aliphatic rings. The lowest BCUT2D eigenvalue weighted by atomic mass is 10.1. The van der Waals surface area contributed by atoms with Crippen LogP contribution in [0.1, 0.15) is 11.3 Å². The highest BCUT2D eigenvalue weighted by Crippen LogP contribution is 2.24. The fourth-order valence-electron chi connectivity index (χ4n) is 1.49. The minimum Gasteiger partial charge on any atom is -0.491 e. The molecule has 4 nitrogen and oxygen atoms in total. The number of ether oxygens (including phenoxy) is 1. The average molecular weight is 248 g/mol. The third kappa shape index (κ3) is 2.82. The molecule has 0 amide bonds. The molecule has 0 saturated heterocycles. The van der Waals surface area contributed by atoms with Gasteiger partial charge in [-0.2, -0.15) is 0 Å². The van der Waals surface area contributed by atoms with Gasteiger partial charge in [-0.05, 0) is 6.07 Å². The molecule has 0 saturated carbocycles. The molecule has 0 bridgehead atoms. The Balaban J connectivity index is 2.10. The first-order valence-corrected chi connectivity index (χ1v) is 7.05. The Hall–Kier alpha value is -0.810. The Morgan fingerprint density at radius 3 is 3.07 bits per heavy atom. The maximum Gasteiger partial charge on any atom is 0.232 e. The van der Waals surface area contributed by atoms with E-state index in [9.17, 15) is 8.42 Å². The van der Waals surface area contributed by atoms with Gasteiger partial charge >= 0.3 is 0 Å². The number of hydrogen-bond acceptors (Lipinski definition) is 4. The molecule has 2 heterocycles. The molecule has 1 aromatic heterocycles. The van der Waals surface area contributed by atoms with Crippen molar-refractivity contribution in [3.8, 4) is 5.75 Å². The topological polar surface area (TPSA) is 56.3 Å².